The molecule has 2 N–H and O–H groups in total. The van der Waals surface area contributed by atoms with Gasteiger partial charge >= 0.3 is 6.03 Å². The predicted octanol–water partition coefficient (Wildman–Crippen LogP) is 3.42. The number of ether oxygens (including phenoxy) is 1. The molecule has 1 aromatic heterocycles. The molecule has 9 nitrogen and oxygen atoms in total. The maximum atomic E-state index is 11.6. The molecule has 1 heterocycles. The molecular weight excluding hydrogens is 322 g/mol. The Morgan fingerprint density at radius 2 is 2.08 bits per heavy atom. The van der Waals surface area contributed by atoms with E-state index >= 15 is 0 Å². The Kier molecular flexibility index (Phi) is 6.70. The maximum absolute atomic E-state index is 11.6. The van der Waals surface area contributed by atoms with Crippen LogP contribution in [0.15, 0.2) is 35.4 Å². The van der Waals surface area contributed by atoms with Crippen molar-refractivity contribution in [2.24, 2.45) is 5.11 Å². The van der Waals surface area contributed by atoms with Crippen molar-refractivity contribution in [1.29, 1.82) is 0 Å². The highest BCUT2D eigenvalue weighted by atomic mass is 16.5. The number of anilines is 1. The third-order valence-corrected chi connectivity index (χ3v) is 3.32. The molecule has 0 atom stereocenters. The van der Waals surface area contributed by atoms with E-state index in [0.29, 0.717) is 30.9 Å². The summed E-state index contributed by atoms with van der Waals surface area (Å²) in [4.78, 5) is 23.0. The van der Waals surface area contributed by atoms with Gasteiger partial charge in [-0.15, -0.1) is 0 Å². The normalized spacial score (nSPS) is 10.0. The van der Waals surface area contributed by atoms with Gasteiger partial charge in [0.25, 0.3) is 0 Å². The summed E-state index contributed by atoms with van der Waals surface area (Å²) < 4.78 is 5.40. The fraction of sp³-hybridized carbons (Fsp3) is 0.312. The topological polar surface area (TPSA) is 125 Å². The number of rotatable bonds is 7. The molecule has 0 bridgehead atoms. The molecule has 0 aliphatic rings. The van der Waals surface area contributed by atoms with E-state index in [1.54, 1.807) is 0 Å². The van der Waals surface area contributed by atoms with Gasteiger partial charge in [0, 0.05) is 29.7 Å². The molecular formula is C16H19N7O2. The van der Waals surface area contributed by atoms with E-state index in [4.69, 9.17) is 10.3 Å². The lowest BCUT2D eigenvalue weighted by atomic mass is 10.0. The zero-order valence-corrected chi connectivity index (χ0v) is 14.1. The van der Waals surface area contributed by atoms with Gasteiger partial charge in [0.1, 0.15) is 5.82 Å². The summed E-state index contributed by atoms with van der Waals surface area (Å²) in [7, 11) is 1.48. The summed E-state index contributed by atoms with van der Waals surface area (Å²) in [5.74, 6) is 0.225. The lowest BCUT2D eigenvalue weighted by molar-refractivity contribution is 0.151. The zero-order chi connectivity index (χ0) is 18.1. The van der Waals surface area contributed by atoms with Crippen LogP contribution in [0.3, 0.4) is 0 Å². The summed E-state index contributed by atoms with van der Waals surface area (Å²) in [6.45, 7) is 2.92. The number of nitrogens with one attached hydrogen (secondary N) is 2. The van der Waals surface area contributed by atoms with Crippen LogP contribution in [0.2, 0.25) is 0 Å². The predicted molar refractivity (Wildman–Crippen MR) is 94.5 cm³/mol. The van der Waals surface area contributed by atoms with Gasteiger partial charge in [-0.25, -0.2) is 14.8 Å². The number of urea groups is 1. The van der Waals surface area contributed by atoms with Crippen molar-refractivity contribution in [3.05, 3.63) is 46.3 Å². The first kappa shape index (κ1) is 18.2. The number of nitrogens with zero attached hydrogens (tertiary/aromatic N) is 5. The van der Waals surface area contributed by atoms with E-state index in [1.807, 2.05) is 37.3 Å². The monoisotopic (exact) mass is 341 g/mol. The Morgan fingerprint density at radius 1 is 1.32 bits per heavy atom. The summed E-state index contributed by atoms with van der Waals surface area (Å²) in [6.07, 6.45) is 0.479. The minimum atomic E-state index is -0.465. The summed E-state index contributed by atoms with van der Waals surface area (Å²) in [5, 5.41) is 8.60. The Labute approximate surface area is 145 Å². The van der Waals surface area contributed by atoms with E-state index in [-0.39, 0.29) is 11.8 Å². The van der Waals surface area contributed by atoms with E-state index < -0.39 is 6.03 Å². The van der Waals surface area contributed by atoms with Crippen molar-refractivity contribution in [1.82, 2.24) is 15.3 Å². The Hall–Kier alpha value is -3.16. The van der Waals surface area contributed by atoms with E-state index in [9.17, 15) is 4.79 Å². The molecule has 0 saturated carbocycles. The van der Waals surface area contributed by atoms with Crippen molar-refractivity contribution in [2.75, 3.05) is 25.6 Å². The second-order valence-electron chi connectivity index (χ2n) is 4.90. The van der Waals surface area contributed by atoms with Gasteiger partial charge in [-0.1, -0.05) is 30.3 Å². The van der Waals surface area contributed by atoms with Gasteiger partial charge in [0.2, 0.25) is 5.95 Å². The molecule has 0 unspecified atom stereocenters. The molecule has 0 spiro atoms. The molecule has 0 fully saturated rings. The molecule has 0 radical (unpaired) electrons. The van der Waals surface area contributed by atoms with Crippen LogP contribution in [0.25, 0.3) is 21.7 Å². The number of azide groups is 1. The molecule has 2 amide bonds. The van der Waals surface area contributed by atoms with Crippen molar-refractivity contribution in [3.63, 3.8) is 0 Å². The first-order valence-corrected chi connectivity index (χ1v) is 7.77. The van der Waals surface area contributed by atoms with Gasteiger partial charge in [-0.2, -0.15) is 0 Å². The third-order valence-electron chi connectivity index (χ3n) is 3.32. The maximum Gasteiger partial charge on any atom is 0.321 e. The SMILES string of the molecule is CCOCCc1c(N=[N+]=[N-])nc(NC(=O)NC)nc1-c1ccccc1. The number of hydrogen-bond acceptors (Lipinski definition) is 5. The average molecular weight is 341 g/mol. The van der Waals surface area contributed by atoms with Gasteiger partial charge in [-0.05, 0) is 24.0 Å². The third kappa shape index (κ3) is 4.90. The van der Waals surface area contributed by atoms with Crippen LogP contribution < -0.4 is 10.6 Å². The van der Waals surface area contributed by atoms with Crippen molar-refractivity contribution < 1.29 is 9.53 Å². The molecule has 130 valence electrons. The number of hydrogen-bond donors (Lipinski definition) is 2. The molecule has 0 aliphatic carbocycles. The number of carbonyl (C=O) groups excluding carboxylic acids is 1. The Bertz CT molecular complexity index is 774. The van der Waals surface area contributed by atoms with E-state index in [1.165, 1.54) is 7.05 Å². The minimum Gasteiger partial charge on any atom is -0.381 e. The van der Waals surface area contributed by atoms with E-state index in [2.05, 4.69) is 30.6 Å². The Morgan fingerprint density at radius 3 is 2.72 bits per heavy atom. The van der Waals surface area contributed by atoms with Crippen LogP contribution in [-0.4, -0.2) is 36.3 Å². The van der Waals surface area contributed by atoms with Gasteiger partial charge in [-0.3, -0.25) is 5.32 Å². The van der Waals surface area contributed by atoms with Crippen molar-refractivity contribution >= 4 is 17.8 Å². The summed E-state index contributed by atoms with van der Waals surface area (Å²) in [5.41, 5.74) is 10.9. The lowest BCUT2D eigenvalue weighted by Gasteiger charge is -2.14. The molecule has 0 aliphatic heterocycles. The summed E-state index contributed by atoms with van der Waals surface area (Å²) in [6, 6.07) is 8.95. The Balaban J connectivity index is 2.56. The van der Waals surface area contributed by atoms with Crippen LogP contribution in [0.1, 0.15) is 12.5 Å². The highest BCUT2D eigenvalue weighted by molar-refractivity contribution is 5.87. The largest absolute Gasteiger partial charge is 0.381 e. The van der Waals surface area contributed by atoms with Crippen LogP contribution in [0, 0.1) is 0 Å². The zero-order valence-electron chi connectivity index (χ0n) is 14.1. The first-order valence-electron chi connectivity index (χ1n) is 7.77. The number of carbonyl (C=O) groups is 1. The van der Waals surface area contributed by atoms with Crippen molar-refractivity contribution in [2.45, 2.75) is 13.3 Å². The fourth-order valence-corrected chi connectivity index (χ4v) is 2.20. The molecule has 0 saturated heterocycles. The van der Waals surface area contributed by atoms with Crippen LogP contribution in [-0.2, 0) is 11.2 Å². The number of amides is 2. The second-order valence-corrected chi connectivity index (χ2v) is 4.90. The second kappa shape index (κ2) is 9.21. The van der Waals surface area contributed by atoms with Gasteiger partial charge in [0.05, 0.1) is 12.3 Å². The molecule has 9 heteroatoms. The molecule has 2 rings (SSSR count). The smallest absolute Gasteiger partial charge is 0.321 e. The standard InChI is InChI=1S/C16H19N7O2/c1-3-25-10-9-12-13(11-7-5-4-6-8-11)19-15(21-16(24)18-2)20-14(12)22-23-17/h4-8H,3,9-10H2,1-2H3,(H2,18,19,20,21,24). The average Bonchev–Trinajstić information content (AvgIpc) is 2.64. The van der Waals surface area contributed by atoms with Gasteiger partial charge < -0.3 is 10.1 Å². The quantitative estimate of drug-likeness (QED) is 0.346. The number of aromatic nitrogens is 2. The minimum absolute atomic E-state index is 0.0563. The van der Waals surface area contributed by atoms with E-state index in [0.717, 1.165) is 5.56 Å². The molecule has 1 aromatic carbocycles. The highest BCUT2D eigenvalue weighted by Gasteiger charge is 2.16. The van der Waals surface area contributed by atoms with Crippen LogP contribution in [0.5, 0.6) is 0 Å². The highest BCUT2D eigenvalue weighted by Crippen LogP contribution is 2.30. The van der Waals surface area contributed by atoms with Crippen LogP contribution >= 0.6 is 0 Å². The fourth-order valence-electron chi connectivity index (χ4n) is 2.20. The van der Waals surface area contributed by atoms with Crippen LogP contribution in [0.4, 0.5) is 16.6 Å². The first-order chi connectivity index (χ1) is 12.2. The molecule has 25 heavy (non-hydrogen) atoms. The van der Waals surface area contributed by atoms with Gasteiger partial charge in [0.15, 0.2) is 0 Å². The summed E-state index contributed by atoms with van der Waals surface area (Å²) >= 11 is 0. The lowest BCUT2D eigenvalue weighted by Crippen LogP contribution is -2.25. The molecule has 2 aromatic rings. The van der Waals surface area contributed by atoms with Crippen molar-refractivity contribution in [3.8, 4) is 11.3 Å². The number of benzene rings is 1.